The Morgan fingerprint density at radius 3 is 3.12 bits per heavy atom. The summed E-state index contributed by atoms with van der Waals surface area (Å²) in [5.41, 5.74) is 0.864. The molecule has 1 heterocycles. The highest BCUT2D eigenvalue weighted by Gasteiger charge is 2.13. The normalized spacial score (nSPS) is 19.6. The van der Waals surface area contributed by atoms with Crippen molar-refractivity contribution in [2.45, 2.75) is 12.8 Å². The fraction of sp³-hybridized carbons (Fsp3) is 0.462. The van der Waals surface area contributed by atoms with Gasteiger partial charge in [0.15, 0.2) is 0 Å². The molecule has 1 aromatic rings. The molecule has 1 atom stereocenters. The lowest BCUT2D eigenvalue weighted by Crippen LogP contribution is -2.24. The van der Waals surface area contributed by atoms with E-state index in [2.05, 4.69) is 5.32 Å². The van der Waals surface area contributed by atoms with Crippen LogP contribution in [0.3, 0.4) is 0 Å². The average molecular weight is 234 g/mol. The van der Waals surface area contributed by atoms with Crippen molar-refractivity contribution in [2.24, 2.45) is 5.92 Å². The second-order valence-corrected chi connectivity index (χ2v) is 4.27. The van der Waals surface area contributed by atoms with Crippen molar-refractivity contribution in [2.75, 3.05) is 25.1 Å². The Labute approximate surface area is 100 Å². The minimum Gasteiger partial charge on any atom is -0.385 e. The van der Waals surface area contributed by atoms with Crippen LogP contribution in [0.1, 0.15) is 18.4 Å². The highest BCUT2D eigenvalue weighted by Crippen LogP contribution is 2.17. The third-order valence-corrected chi connectivity index (χ3v) is 2.94. The summed E-state index contributed by atoms with van der Waals surface area (Å²) in [5, 5.41) is 11.9. The van der Waals surface area contributed by atoms with Crippen molar-refractivity contribution >= 4 is 5.69 Å². The van der Waals surface area contributed by atoms with Gasteiger partial charge < -0.3 is 10.1 Å². The molecule has 4 heteroatoms. The molecule has 1 unspecified atom stereocenters. The summed E-state index contributed by atoms with van der Waals surface area (Å²) < 4.78 is 18.5. The molecule has 0 aromatic heterocycles. The van der Waals surface area contributed by atoms with Crippen molar-refractivity contribution in [3.05, 3.63) is 29.6 Å². The molecule has 1 aliphatic rings. The quantitative estimate of drug-likeness (QED) is 0.874. The number of nitriles is 1. The van der Waals surface area contributed by atoms with Gasteiger partial charge in [0.2, 0.25) is 0 Å². The molecule has 0 spiro atoms. The van der Waals surface area contributed by atoms with Crippen molar-refractivity contribution in [3.63, 3.8) is 0 Å². The number of benzene rings is 1. The van der Waals surface area contributed by atoms with E-state index in [1.807, 2.05) is 6.07 Å². The summed E-state index contributed by atoms with van der Waals surface area (Å²) in [5.74, 6) is 0.0263. The number of nitrogens with one attached hydrogen (secondary N) is 1. The van der Waals surface area contributed by atoms with Gasteiger partial charge in [0, 0.05) is 18.8 Å². The first kappa shape index (κ1) is 11.9. The summed E-state index contributed by atoms with van der Waals surface area (Å²) in [4.78, 5) is 0. The minimum absolute atomic E-state index is 0.0786. The smallest absolute Gasteiger partial charge is 0.141 e. The molecule has 0 saturated carbocycles. The van der Waals surface area contributed by atoms with E-state index in [1.165, 1.54) is 6.07 Å². The molecule has 0 aliphatic carbocycles. The molecule has 1 fully saturated rings. The molecule has 17 heavy (non-hydrogen) atoms. The van der Waals surface area contributed by atoms with Gasteiger partial charge in [-0.25, -0.2) is 4.39 Å². The fourth-order valence-corrected chi connectivity index (χ4v) is 1.95. The Kier molecular flexibility index (Phi) is 3.94. The van der Waals surface area contributed by atoms with Gasteiger partial charge in [0.25, 0.3) is 0 Å². The zero-order valence-electron chi connectivity index (χ0n) is 9.58. The molecule has 1 N–H and O–H groups in total. The number of hydrogen-bond donors (Lipinski definition) is 1. The van der Waals surface area contributed by atoms with Gasteiger partial charge in [-0.3, -0.25) is 0 Å². The average Bonchev–Trinajstić information content (AvgIpc) is 2.39. The minimum atomic E-state index is -0.473. The van der Waals surface area contributed by atoms with Crippen LogP contribution in [0.15, 0.2) is 18.2 Å². The number of halogens is 1. The first-order valence-corrected chi connectivity index (χ1v) is 5.81. The Balaban J connectivity index is 1.92. The summed E-state index contributed by atoms with van der Waals surface area (Å²) in [6.07, 6.45) is 2.25. The third-order valence-electron chi connectivity index (χ3n) is 2.94. The van der Waals surface area contributed by atoms with E-state index < -0.39 is 5.82 Å². The molecule has 1 aromatic carbocycles. The molecular formula is C13H15FN2O. The Morgan fingerprint density at radius 1 is 1.53 bits per heavy atom. The molecule has 3 nitrogen and oxygen atoms in total. The predicted octanol–water partition coefficient (Wildman–Crippen LogP) is 2.54. The number of anilines is 1. The van der Waals surface area contributed by atoms with Gasteiger partial charge >= 0.3 is 0 Å². The van der Waals surface area contributed by atoms with Crippen LogP contribution < -0.4 is 5.32 Å². The van der Waals surface area contributed by atoms with Crippen LogP contribution in [0, 0.1) is 23.1 Å². The van der Waals surface area contributed by atoms with Crippen LogP contribution in [0.2, 0.25) is 0 Å². The number of rotatable bonds is 3. The molecule has 0 bridgehead atoms. The summed E-state index contributed by atoms with van der Waals surface area (Å²) in [6.45, 7) is 2.43. The van der Waals surface area contributed by atoms with Crippen LogP contribution in [0.4, 0.5) is 10.1 Å². The molecule has 1 aliphatic heterocycles. The maximum atomic E-state index is 13.1. The number of nitrogens with zero attached hydrogens (tertiary/aromatic N) is 1. The fourth-order valence-electron chi connectivity index (χ4n) is 1.95. The van der Waals surface area contributed by atoms with Gasteiger partial charge in [-0.1, -0.05) is 0 Å². The van der Waals surface area contributed by atoms with Crippen molar-refractivity contribution < 1.29 is 9.13 Å². The van der Waals surface area contributed by atoms with Gasteiger partial charge in [-0.2, -0.15) is 5.26 Å². The van der Waals surface area contributed by atoms with E-state index >= 15 is 0 Å². The second kappa shape index (κ2) is 5.65. The van der Waals surface area contributed by atoms with Crippen LogP contribution in [-0.4, -0.2) is 19.8 Å². The first-order chi connectivity index (χ1) is 8.29. The molecule has 1 saturated heterocycles. The summed E-state index contributed by atoms with van der Waals surface area (Å²) in [7, 11) is 0. The van der Waals surface area contributed by atoms with E-state index in [0.717, 1.165) is 38.3 Å². The highest BCUT2D eigenvalue weighted by atomic mass is 19.1. The standard InChI is InChI=1S/C13H15FN2O/c14-13-4-3-12(6-11(13)7-15)16-8-10-2-1-5-17-9-10/h3-4,6,10,16H,1-2,5,8-9H2. The Bertz CT molecular complexity index is 422. The van der Waals surface area contributed by atoms with E-state index in [1.54, 1.807) is 12.1 Å². The predicted molar refractivity (Wildman–Crippen MR) is 63.1 cm³/mol. The lowest BCUT2D eigenvalue weighted by molar-refractivity contribution is 0.0595. The lowest BCUT2D eigenvalue weighted by Gasteiger charge is -2.22. The number of ether oxygens (including phenoxy) is 1. The van der Waals surface area contributed by atoms with E-state index in [9.17, 15) is 4.39 Å². The maximum absolute atomic E-state index is 13.1. The van der Waals surface area contributed by atoms with E-state index in [0.29, 0.717) is 5.92 Å². The third kappa shape index (κ3) is 3.18. The SMILES string of the molecule is N#Cc1cc(NCC2CCCOC2)ccc1F. The zero-order chi connectivity index (χ0) is 12.1. The zero-order valence-corrected chi connectivity index (χ0v) is 9.58. The van der Waals surface area contributed by atoms with Crippen molar-refractivity contribution in [1.82, 2.24) is 0 Å². The maximum Gasteiger partial charge on any atom is 0.141 e. The molecule has 0 amide bonds. The summed E-state index contributed by atoms with van der Waals surface area (Å²) in [6, 6.07) is 6.34. The lowest BCUT2D eigenvalue weighted by atomic mass is 10.0. The monoisotopic (exact) mass is 234 g/mol. The Hall–Kier alpha value is -1.60. The van der Waals surface area contributed by atoms with Crippen molar-refractivity contribution in [3.8, 4) is 6.07 Å². The van der Waals surface area contributed by atoms with Gasteiger partial charge in [0.1, 0.15) is 11.9 Å². The largest absolute Gasteiger partial charge is 0.385 e. The molecule has 0 radical (unpaired) electrons. The molecular weight excluding hydrogens is 219 g/mol. The Morgan fingerprint density at radius 2 is 2.41 bits per heavy atom. The highest BCUT2D eigenvalue weighted by molar-refractivity contribution is 5.49. The van der Waals surface area contributed by atoms with Gasteiger partial charge in [0.05, 0.1) is 12.2 Å². The van der Waals surface area contributed by atoms with Crippen LogP contribution in [0.5, 0.6) is 0 Å². The van der Waals surface area contributed by atoms with Gasteiger partial charge in [-0.05, 0) is 37.0 Å². The summed E-state index contributed by atoms with van der Waals surface area (Å²) >= 11 is 0. The second-order valence-electron chi connectivity index (χ2n) is 4.27. The van der Waals surface area contributed by atoms with E-state index in [4.69, 9.17) is 10.00 Å². The first-order valence-electron chi connectivity index (χ1n) is 5.81. The van der Waals surface area contributed by atoms with Crippen LogP contribution in [0.25, 0.3) is 0 Å². The van der Waals surface area contributed by atoms with E-state index in [-0.39, 0.29) is 5.56 Å². The van der Waals surface area contributed by atoms with Gasteiger partial charge in [-0.15, -0.1) is 0 Å². The molecule has 2 rings (SSSR count). The van der Waals surface area contributed by atoms with Crippen LogP contribution in [-0.2, 0) is 4.74 Å². The number of hydrogen-bond acceptors (Lipinski definition) is 3. The topological polar surface area (TPSA) is 45.0 Å². The van der Waals surface area contributed by atoms with Crippen molar-refractivity contribution in [1.29, 1.82) is 5.26 Å². The molecule has 90 valence electrons. The van der Waals surface area contributed by atoms with Crippen LogP contribution >= 0.6 is 0 Å².